The Labute approximate surface area is 123 Å². The summed E-state index contributed by atoms with van der Waals surface area (Å²) in [6.07, 6.45) is 2.38. The largest absolute Gasteiger partial charge is 0.147 e. The molecular formula is C9H22Cl3N2OTi. The molecule has 3 nitrogen and oxygen atoms in total. The zero-order valence-corrected chi connectivity index (χ0v) is 13.8. The maximum Gasteiger partial charge on any atom is -0.147 e. The molecule has 16 heavy (non-hydrogen) atoms. The molecule has 0 amide bonds. The average molecular weight is 329 g/mol. The summed E-state index contributed by atoms with van der Waals surface area (Å²) in [5, 5.41) is 5.56. The first-order valence-corrected chi connectivity index (χ1v) is 8.06. The first-order chi connectivity index (χ1) is 6.22. The number of halogens is 3. The number of hydrogen-bond donors (Lipinski definition) is 1. The maximum atomic E-state index is 11.3. The Balaban J connectivity index is -0.000000563. The molecule has 0 atom stereocenters. The van der Waals surface area contributed by atoms with Crippen LogP contribution in [0.3, 0.4) is 0 Å². The smallest absolute Gasteiger partial charge is 0.147 e. The van der Waals surface area contributed by atoms with Crippen molar-refractivity contribution in [2.45, 2.75) is 25.0 Å². The molecule has 1 rings (SSSR count). The van der Waals surface area contributed by atoms with Crippen molar-refractivity contribution < 1.29 is 22.9 Å². The maximum absolute atomic E-state index is 11.3. The van der Waals surface area contributed by atoms with Gasteiger partial charge in [-0.25, -0.2) is 0 Å². The van der Waals surface area contributed by atoms with Gasteiger partial charge in [0.25, 0.3) is 0 Å². The van der Waals surface area contributed by atoms with Gasteiger partial charge in [-0.1, -0.05) is 0 Å². The van der Waals surface area contributed by atoms with Crippen LogP contribution in [0.5, 0.6) is 0 Å². The fraction of sp³-hybridized carbons (Fsp3) is 0.889. The van der Waals surface area contributed by atoms with Crippen molar-refractivity contribution in [2.75, 3.05) is 26.2 Å². The average Bonchev–Trinajstić information content (AvgIpc) is 2.02. The third-order valence-corrected chi connectivity index (χ3v) is 6.32. The van der Waals surface area contributed by atoms with E-state index in [2.05, 4.69) is 13.9 Å². The van der Waals surface area contributed by atoms with E-state index in [4.69, 9.17) is 0 Å². The molecule has 0 spiro atoms. The summed E-state index contributed by atoms with van der Waals surface area (Å²) in [7, 11) is 0. The standard InChI is InChI=1S/C6H13N2.C2H3O.CH3.3ClH.Ti/c1-3-7-5-2-6-8-4-1;1-2-3;;;;;/h7H,1-6H2;1H3;1H3;3*1H;/q-1;;;;;;+1. The van der Waals surface area contributed by atoms with Gasteiger partial charge in [-0.2, -0.15) is 0 Å². The molecule has 0 aromatic rings. The van der Waals surface area contributed by atoms with E-state index in [1.165, 1.54) is 12.8 Å². The second kappa shape index (κ2) is 12.6. The molecule has 0 unspecified atom stereocenters. The molecule has 1 saturated heterocycles. The summed E-state index contributed by atoms with van der Waals surface area (Å²) in [5.41, 5.74) is 0. The van der Waals surface area contributed by atoms with Gasteiger partial charge in [-0.15, -0.1) is 37.2 Å². The van der Waals surface area contributed by atoms with E-state index < -0.39 is 18.1 Å². The summed E-state index contributed by atoms with van der Waals surface area (Å²) >= 11 is -1.51. The van der Waals surface area contributed by atoms with Crippen LogP contribution in [0.2, 0.25) is 5.23 Å². The van der Waals surface area contributed by atoms with Crippen LogP contribution in [0.15, 0.2) is 0 Å². The van der Waals surface area contributed by atoms with Crippen molar-refractivity contribution >= 4 is 41.3 Å². The van der Waals surface area contributed by atoms with Gasteiger partial charge in [0, 0.05) is 0 Å². The Hall–Kier alpha value is 1.17. The number of nitrogens with one attached hydrogen (secondary N) is 1. The minimum atomic E-state index is -1.51. The van der Waals surface area contributed by atoms with Crippen LogP contribution < -0.4 is 5.32 Å². The Morgan fingerprint density at radius 3 is 1.94 bits per heavy atom. The van der Waals surface area contributed by atoms with Crippen molar-refractivity contribution in [1.82, 2.24) is 8.70 Å². The molecule has 1 aliphatic heterocycles. The minimum absolute atomic E-state index is 0. The van der Waals surface area contributed by atoms with Crippen molar-refractivity contribution in [2.24, 2.45) is 0 Å². The molecular weight excluding hydrogens is 306 g/mol. The molecule has 1 aliphatic rings. The van der Waals surface area contributed by atoms with E-state index in [0.29, 0.717) is 4.09 Å². The Morgan fingerprint density at radius 2 is 1.56 bits per heavy atom. The molecule has 1 fully saturated rings. The van der Waals surface area contributed by atoms with Gasteiger partial charge in [-0.3, -0.25) is 0 Å². The van der Waals surface area contributed by atoms with Crippen LogP contribution in [0, 0.1) is 0 Å². The number of rotatable bonds is 2. The van der Waals surface area contributed by atoms with Crippen molar-refractivity contribution in [1.29, 1.82) is 0 Å². The van der Waals surface area contributed by atoms with Crippen LogP contribution in [0.1, 0.15) is 19.8 Å². The van der Waals surface area contributed by atoms with Crippen molar-refractivity contribution in [3.63, 3.8) is 0 Å². The van der Waals surface area contributed by atoms with Crippen molar-refractivity contribution in [3.05, 3.63) is 0 Å². The second-order valence-corrected chi connectivity index (χ2v) is 7.50. The van der Waals surface area contributed by atoms with Crippen LogP contribution in [-0.4, -0.2) is 33.6 Å². The second-order valence-electron chi connectivity index (χ2n) is 3.59. The van der Waals surface area contributed by atoms with Gasteiger partial charge in [0.2, 0.25) is 0 Å². The molecule has 7 heteroatoms. The molecule has 0 radical (unpaired) electrons. The van der Waals surface area contributed by atoms with E-state index in [1.807, 2.05) is 0 Å². The van der Waals surface area contributed by atoms with Crippen LogP contribution in [-0.2, 0) is 22.9 Å². The van der Waals surface area contributed by atoms with E-state index in [-0.39, 0.29) is 37.2 Å². The van der Waals surface area contributed by atoms with E-state index >= 15 is 0 Å². The van der Waals surface area contributed by atoms with Crippen LogP contribution >= 0.6 is 37.2 Å². The van der Waals surface area contributed by atoms with Crippen LogP contribution in [0.25, 0.3) is 0 Å². The number of carbonyl (C=O) groups excluding carboxylic acids is 1. The molecule has 0 saturated carbocycles. The summed E-state index contributed by atoms with van der Waals surface area (Å²) in [6.45, 7) is 6.23. The predicted octanol–water partition coefficient (Wildman–Crippen LogP) is 2.07. The summed E-state index contributed by atoms with van der Waals surface area (Å²) < 4.78 is 2.91. The van der Waals surface area contributed by atoms with Gasteiger partial charge >= 0.3 is 86.9 Å². The van der Waals surface area contributed by atoms with Gasteiger partial charge in [0.05, 0.1) is 0 Å². The first-order valence-electron chi connectivity index (χ1n) is 5.02. The fourth-order valence-electron chi connectivity index (χ4n) is 1.58. The monoisotopic (exact) mass is 327 g/mol. The Bertz CT molecular complexity index is 178. The zero-order valence-electron chi connectivity index (χ0n) is 9.82. The minimum Gasteiger partial charge on any atom is -0.147 e. The predicted molar refractivity (Wildman–Crippen MR) is 72.0 cm³/mol. The number of carbonyl (C=O) groups is 1. The zero-order chi connectivity index (χ0) is 9.68. The molecule has 1 heterocycles. The Morgan fingerprint density at radius 1 is 1.12 bits per heavy atom. The van der Waals surface area contributed by atoms with E-state index in [0.717, 1.165) is 26.2 Å². The molecule has 0 aromatic carbocycles. The fourth-order valence-corrected chi connectivity index (χ4v) is 3.82. The molecule has 0 aromatic heterocycles. The van der Waals surface area contributed by atoms with Gasteiger partial charge in [0.1, 0.15) is 0 Å². The first kappa shape index (κ1) is 22.4. The van der Waals surface area contributed by atoms with Crippen LogP contribution in [0.4, 0.5) is 0 Å². The number of nitrogens with zero attached hydrogens (tertiary/aromatic N) is 1. The Kier molecular flexibility index (Phi) is 17.6. The summed E-state index contributed by atoms with van der Waals surface area (Å²) in [4.78, 5) is 11.3. The number of hydrogen-bond acceptors (Lipinski definition) is 3. The topological polar surface area (TPSA) is 32.3 Å². The summed E-state index contributed by atoms with van der Waals surface area (Å²) in [5.74, 6) is 0. The quantitative estimate of drug-likeness (QED) is 0.788. The van der Waals surface area contributed by atoms with E-state index in [9.17, 15) is 4.79 Å². The molecule has 0 aliphatic carbocycles. The van der Waals surface area contributed by atoms with Gasteiger partial charge in [0.15, 0.2) is 0 Å². The van der Waals surface area contributed by atoms with E-state index in [1.54, 1.807) is 6.92 Å². The SMILES string of the molecule is C[C](=O)[Ti]([CH3])[N]1CCCNCCC1.Cl.Cl.Cl. The molecule has 0 bridgehead atoms. The molecule has 99 valence electrons. The third kappa shape index (κ3) is 8.29. The normalized spacial score (nSPS) is 16.6. The summed E-state index contributed by atoms with van der Waals surface area (Å²) in [6, 6.07) is 0. The molecule has 1 N–H and O–H groups in total. The van der Waals surface area contributed by atoms with Gasteiger partial charge < -0.3 is 0 Å². The van der Waals surface area contributed by atoms with Gasteiger partial charge in [-0.05, 0) is 0 Å². The third-order valence-electron chi connectivity index (χ3n) is 2.55. The van der Waals surface area contributed by atoms with Crippen molar-refractivity contribution in [3.8, 4) is 0 Å².